The normalized spacial score (nSPS) is 12.5. The molecule has 0 aliphatic rings. The Morgan fingerprint density at radius 3 is 2.42 bits per heavy atom. The van der Waals surface area contributed by atoms with Crippen molar-refractivity contribution in [2.24, 2.45) is 0 Å². The molecule has 0 spiro atoms. The Kier molecular flexibility index (Phi) is 6.14. The van der Waals surface area contributed by atoms with Crippen molar-refractivity contribution in [3.8, 4) is 0 Å². The lowest BCUT2D eigenvalue weighted by Gasteiger charge is -2.25. The summed E-state index contributed by atoms with van der Waals surface area (Å²) >= 11 is 0. The predicted molar refractivity (Wildman–Crippen MR) is 89.1 cm³/mol. The molecule has 126 valence electrons. The van der Waals surface area contributed by atoms with Gasteiger partial charge >= 0.3 is 0 Å². The van der Waals surface area contributed by atoms with E-state index in [0.717, 1.165) is 5.56 Å². The van der Waals surface area contributed by atoms with Gasteiger partial charge in [-0.05, 0) is 50.0 Å². The van der Waals surface area contributed by atoms with Gasteiger partial charge in [0.2, 0.25) is 5.91 Å². The van der Waals surface area contributed by atoms with Gasteiger partial charge in [0, 0.05) is 30.6 Å². The van der Waals surface area contributed by atoms with E-state index in [-0.39, 0.29) is 18.0 Å². The van der Waals surface area contributed by atoms with Crippen LogP contribution < -0.4 is 5.32 Å². The molecular weight excluding hydrogens is 312 g/mol. The number of nitrogens with one attached hydrogen (secondary N) is 1. The molecule has 0 aliphatic carbocycles. The highest BCUT2D eigenvalue weighted by Crippen LogP contribution is 2.23. The molecule has 0 saturated heterocycles. The maximum Gasteiger partial charge on any atom is 0.244 e. The fourth-order valence-corrected chi connectivity index (χ4v) is 2.27. The number of amides is 1. The maximum absolute atomic E-state index is 14.0. The van der Waals surface area contributed by atoms with Crippen LogP contribution in [0.5, 0.6) is 0 Å². The van der Waals surface area contributed by atoms with E-state index in [1.54, 1.807) is 49.6 Å². The summed E-state index contributed by atoms with van der Waals surface area (Å²) in [6.45, 7) is 0.0877. The summed E-state index contributed by atoms with van der Waals surface area (Å²) in [5, 5.41) is 2.67. The molecule has 1 aromatic carbocycles. The highest BCUT2D eigenvalue weighted by molar-refractivity contribution is 5.91. The van der Waals surface area contributed by atoms with E-state index in [4.69, 9.17) is 0 Å². The Morgan fingerprint density at radius 1 is 1.21 bits per heavy atom. The maximum atomic E-state index is 14.0. The summed E-state index contributed by atoms with van der Waals surface area (Å²) < 4.78 is 27.9. The van der Waals surface area contributed by atoms with Crippen LogP contribution in [0, 0.1) is 11.6 Å². The van der Waals surface area contributed by atoms with Crippen LogP contribution in [0.4, 0.5) is 8.78 Å². The van der Waals surface area contributed by atoms with Crippen molar-refractivity contribution in [3.05, 3.63) is 71.6 Å². The molecule has 1 atom stereocenters. The van der Waals surface area contributed by atoms with Crippen LogP contribution in [0.1, 0.15) is 17.2 Å². The van der Waals surface area contributed by atoms with E-state index < -0.39 is 17.7 Å². The van der Waals surface area contributed by atoms with E-state index in [1.807, 2.05) is 0 Å². The first kappa shape index (κ1) is 17.7. The van der Waals surface area contributed by atoms with Crippen molar-refractivity contribution in [1.29, 1.82) is 0 Å². The Bertz CT molecular complexity index is 697. The molecule has 0 aliphatic heterocycles. The molecule has 1 amide bonds. The fourth-order valence-electron chi connectivity index (χ4n) is 2.27. The number of halogens is 2. The average Bonchev–Trinajstić information content (AvgIpc) is 2.56. The van der Waals surface area contributed by atoms with E-state index in [0.29, 0.717) is 0 Å². The second-order valence-corrected chi connectivity index (χ2v) is 5.47. The fraction of sp³-hybridized carbons (Fsp3) is 0.222. The molecule has 2 rings (SSSR count). The number of benzene rings is 1. The molecule has 24 heavy (non-hydrogen) atoms. The number of likely N-dealkylation sites (N-methyl/N-ethyl adjacent to an activating group) is 1. The zero-order valence-electron chi connectivity index (χ0n) is 13.5. The van der Waals surface area contributed by atoms with Gasteiger partial charge in [0.25, 0.3) is 0 Å². The van der Waals surface area contributed by atoms with E-state index >= 15 is 0 Å². The van der Waals surface area contributed by atoms with Crippen LogP contribution >= 0.6 is 0 Å². The molecule has 2 aromatic rings. The van der Waals surface area contributed by atoms with E-state index in [9.17, 15) is 13.6 Å². The zero-order chi connectivity index (χ0) is 17.5. The van der Waals surface area contributed by atoms with Crippen LogP contribution in [0.15, 0.2) is 48.8 Å². The Hall–Kier alpha value is -2.60. The highest BCUT2D eigenvalue weighted by atomic mass is 19.1. The number of pyridine rings is 1. The van der Waals surface area contributed by atoms with Crippen molar-refractivity contribution in [3.63, 3.8) is 0 Å². The molecule has 0 bridgehead atoms. The lowest BCUT2D eigenvalue weighted by molar-refractivity contribution is -0.116. The summed E-state index contributed by atoms with van der Waals surface area (Å²) in [7, 11) is 3.41. The van der Waals surface area contributed by atoms with E-state index in [1.165, 1.54) is 24.3 Å². The number of carbonyl (C=O) groups excluding carboxylic acids is 1. The van der Waals surface area contributed by atoms with Crippen LogP contribution in [0.3, 0.4) is 0 Å². The largest absolute Gasteiger partial charge is 0.351 e. The minimum atomic E-state index is -0.629. The number of hydrogen-bond donors (Lipinski definition) is 1. The molecule has 0 fully saturated rings. The van der Waals surface area contributed by atoms with Gasteiger partial charge in [-0.3, -0.25) is 9.78 Å². The van der Waals surface area contributed by atoms with Gasteiger partial charge in [0.1, 0.15) is 11.6 Å². The first-order chi connectivity index (χ1) is 11.5. The van der Waals surface area contributed by atoms with Gasteiger partial charge in [-0.2, -0.15) is 0 Å². The van der Waals surface area contributed by atoms with Gasteiger partial charge in [-0.15, -0.1) is 0 Å². The Balaban J connectivity index is 2.04. The third kappa shape index (κ3) is 4.70. The van der Waals surface area contributed by atoms with Crippen LogP contribution in [-0.4, -0.2) is 36.4 Å². The minimum absolute atomic E-state index is 0.0547. The van der Waals surface area contributed by atoms with Crippen molar-refractivity contribution in [2.75, 3.05) is 20.6 Å². The monoisotopic (exact) mass is 331 g/mol. The van der Waals surface area contributed by atoms with Gasteiger partial charge in [0.05, 0.1) is 6.04 Å². The molecule has 6 heteroatoms. The molecular formula is C18H19F2N3O. The van der Waals surface area contributed by atoms with Crippen molar-refractivity contribution in [2.45, 2.75) is 6.04 Å². The number of hydrogen-bond acceptors (Lipinski definition) is 3. The number of nitrogens with zero attached hydrogens (tertiary/aromatic N) is 2. The van der Waals surface area contributed by atoms with Gasteiger partial charge in [-0.25, -0.2) is 8.78 Å². The average molecular weight is 331 g/mol. The molecule has 4 nitrogen and oxygen atoms in total. The topological polar surface area (TPSA) is 45.2 Å². The SMILES string of the molecule is CN(C)C(CNC(=O)C=Cc1ccncc1)c1c(F)cccc1F. The molecule has 1 unspecified atom stereocenters. The Morgan fingerprint density at radius 2 is 1.83 bits per heavy atom. The van der Waals surface area contributed by atoms with Crippen molar-refractivity contribution < 1.29 is 13.6 Å². The first-order valence-corrected chi connectivity index (χ1v) is 7.45. The summed E-state index contributed by atoms with van der Waals surface area (Å²) in [6.07, 6.45) is 6.27. The number of carbonyl (C=O) groups is 1. The number of rotatable bonds is 6. The lowest BCUT2D eigenvalue weighted by Crippen LogP contribution is -2.34. The summed E-state index contributed by atoms with van der Waals surface area (Å²) in [6, 6.07) is 6.66. The Labute approximate surface area is 139 Å². The molecule has 0 saturated carbocycles. The standard InChI is InChI=1S/C18H19F2N3O/c1-23(2)16(18-14(19)4-3-5-15(18)20)12-22-17(24)7-6-13-8-10-21-11-9-13/h3-11,16H,12H2,1-2H3,(H,22,24). The van der Waals surface area contributed by atoms with E-state index in [2.05, 4.69) is 10.3 Å². The summed E-state index contributed by atoms with van der Waals surface area (Å²) in [5.74, 6) is -1.60. The third-order valence-electron chi connectivity index (χ3n) is 3.56. The minimum Gasteiger partial charge on any atom is -0.351 e. The molecule has 1 aromatic heterocycles. The predicted octanol–water partition coefficient (Wildman–Crippen LogP) is 2.79. The van der Waals surface area contributed by atoms with Gasteiger partial charge < -0.3 is 10.2 Å². The first-order valence-electron chi connectivity index (χ1n) is 7.45. The molecule has 1 heterocycles. The highest BCUT2D eigenvalue weighted by Gasteiger charge is 2.22. The van der Waals surface area contributed by atoms with Crippen LogP contribution in [0.25, 0.3) is 6.08 Å². The quantitative estimate of drug-likeness (QED) is 0.828. The summed E-state index contributed by atoms with van der Waals surface area (Å²) in [4.78, 5) is 17.5. The van der Waals surface area contributed by atoms with Crippen LogP contribution in [-0.2, 0) is 4.79 Å². The lowest BCUT2D eigenvalue weighted by atomic mass is 10.0. The molecule has 0 radical (unpaired) electrons. The number of aromatic nitrogens is 1. The van der Waals surface area contributed by atoms with Gasteiger partial charge in [-0.1, -0.05) is 6.07 Å². The summed E-state index contributed by atoms with van der Waals surface area (Å²) in [5.41, 5.74) is 0.783. The third-order valence-corrected chi connectivity index (χ3v) is 3.56. The zero-order valence-corrected chi connectivity index (χ0v) is 13.5. The smallest absolute Gasteiger partial charge is 0.244 e. The van der Waals surface area contributed by atoms with Crippen molar-refractivity contribution in [1.82, 2.24) is 15.2 Å². The second kappa shape index (κ2) is 8.31. The second-order valence-electron chi connectivity index (χ2n) is 5.47. The van der Waals surface area contributed by atoms with Crippen LogP contribution in [0.2, 0.25) is 0 Å². The molecule has 1 N–H and O–H groups in total. The van der Waals surface area contributed by atoms with Gasteiger partial charge in [0.15, 0.2) is 0 Å². The van der Waals surface area contributed by atoms with Crippen molar-refractivity contribution >= 4 is 12.0 Å².